The van der Waals surface area contributed by atoms with Crippen LogP contribution in [0.25, 0.3) is 0 Å². The van der Waals surface area contributed by atoms with Crippen molar-refractivity contribution >= 4 is 5.97 Å². The summed E-state index contributed by atoms with van der Waals surface area (Å²) in [6, 6.07) is 6.40. The summed E-state index contributed by atoms with van der Waals surface area (Å²) >= 11 is 0. The summed E-state index contributed by atoms with van der Waals surface area (Å²) in [5.41, 5.74) is 5.62. The van der Waals surface area contributed by atoms with E-state index in [1.165, 1.54) is 0 Å². The molecule has 0 aliphatic carbocycles. The van der Waals surface area contributed by atoms with E-state index >= 15 is 0 Å². The van der Waals surface area contributed by atoms with Crippen molar-refractivity contribution in [1.82, 2.24) is 0 Å². The Morgan fingerprint density at radius 1 is 1.22 bits per heavy atom. The van der Waals surface area contributed by atoms with Crippen LogP contribution in [0.5, 0.6) is 11.5 Å². The predicted molar refractivity (Wildman–Crippen MR) is 67.7 cm³/mol. The first kappa shape index (κ1) is 14.3. The molecule has 0 aliphatic rings. The molecule has 5 heteroatoms. The molecule has 100 valence electrons. The van der Waals surface area contributed by atoms with Crippen LogP contribution in [0.4, 0.5) is 0 Å². The highest BCUT2D eigenvalue weighted by Gasteiger charge is 2.15. The van der Waals surface area contributed by atoms with Crippen LogP contribution < -0.4 is 15.2 Å². The van der Waals surface area contributed by atoms with Crippen LogP contribution in [-0.2, 0) is 9.53 Å². The molecule has 1 atom stereocenters. The third-order valence-electron chi connectivity index (χ3n) is 2.14. The molecule has 0 radical (unpaired) electrons. The van der Waals surface area contributed by atoms with Gasteiger partial charge in [0.25, 0.3) is 0 Å². The SMILES string of the molecule is CCOC(=O)C(N)COc1cccc(OCC)c1. The Morgan fingerprint density at radius 3 is 2.50 bits per heavy atom. The highest BCUT2D eigenvalue weighted by Crippen LogP contribution is 2.19. The lowest BCUT2D eigenvalue weighted by molar-refractivity contribution is -0.145. The number of hydrogen-bond donors (Lipinski definition) is 1. The smallest absolute Gasteiger partial charge is 0.326 e. The molecule has 1 aromatic rings. The Balaban J connectivity index is 2.47. The molecule has 0 heterocycles. The number of carbonyl (C=O) groups is 1. The van der Waals surface area contributed by atoms with Gasteiger partial charge in [-0.1, -0.05) is 6.07 Å². The summed E-state index contributed by atoms with van der Waals surface area (Å²) in [5, 5.41) is 0. The summed E-state index contributed by atoms with van der Waals surface area (Å²) in [6.45, 7) is 4.62. The Morgan fingerprint density at radius 2 is 1.89 bits per heavy atom. The topological polar surface area (TPSA) is 70.8 Å². The number of ether oxygens (including phenoxy) is 3. The lowest BCUT2D eigenvalue weighted by atomic mass is 10.3. The molecule has 1 unspecified atom stereocenters. The first-order valence-corrected chi connectivity index (χ1v) is 5.95. The lowest BCUT2D eigenvalue weighted by Gasteiger charge is -2.12. The summed E-state index contributed by atoms with van der Waals surface area (Å²) in [4.78, 5) is 11.3. The maximum Gasteiger partial charge on any atom is 0.326 e. The number of benzene rings is 1. The van der Waals surface area contributed by atoms with Crippen LogP contribution in [0.15, 0.2) is 24.3 Å². The van der Waals surface area contributed by atoms with E-state index in [0.29, 0.717) is 19.0 Å². The molecule has 0 fully saturated rings. The Bertz CT molecular complexity index is 381. The molecule has 1 rings (SSSR count). The normalized spacial score (nSPS) is 11.7. The van der Waals surface area contributed by atoms with Gasteiger partial charge in [0, 0.05) is 6.07 Å². The second kappa shape index (κ2) is 7.55. The molecule has 0 aliphatic heterocycles. The van der Waals surface area contributed by atoms with Gasteiger partial charge in [-0.3, -0.25) is 4.79 Å². The average Bonchev–Trinajstić information content (AvgIpc) is 2.37. The first-order chi connectivity index (χ1) is 8.67. The maximum atomic E-state index is 11.3. The second-order valence-electron chi connectivity index (χ2n) is 3.58. The van der Waals surface area contributed by atoms with Gasteiger partial charge in [-0.25, -0.2) is 0 Å². The highest BCUT2D eigenvalue weighted by atomic mass is 16.5. The molecule has 0 amide bonds. The lowest BCUT2D eigenvalue weighted by Crippen LogP contribution is -2.37. The molecule has 0 saturated heterocycles. The molecule has 18 heavy (non-hydrogen) atoms. The molecule has 2 N–H and O–H groups in total. The fraction of sp³-hybridized carbons (Fsp3) is 0.462. The number of carbonyl (C=O) groups excluding carboxylic acids is 1. The summed E-state index contributed by atoms with van der Waals surface area (Å²) in [7, 11) is 0. The molecule has 1 aromatic carbocycles. The van der Waals surface area contributed by atoms with E-state index in [0.717, 1.165) is 5.75 Å². The quantitative estimate of drug-likeness (QED) is 0.743. The zero-order valence-electron chi connectivity index (χ0n) is 10.7. The van der Waals surface area contributed by atoms with Crippen LogP contribution in [0, 0.1) is 0 Å². The summed E-state index contributed by atoms with van der Waals surface area (Å²) in [5.74, 6) is 0.874. The molecule has 5 nitrogen and oxygen atoms in total. The molecule has 0 spiro atoms. The van der Waals surface area contributed by atoms with E-state index in [9.17, 15) is 4.79 Å². The monoisotopic (exact) mass is 253 g/mol. The van der Waals surface area contributed by atoms with Crippen molar-refractivity contribution in [2.75, 3.05) is 19.8 Å². The van der Waals surface area contributed by atoms with Crippen LogP contribution >= 0.6 is 0 Å². The number of hydrogen-bond acceptors (Lipinski definition) is 5. The zero-order chi connectivity index (χ0) is 13.4. The number of esters is 1. The van der Waals surface area contributed by atoms with E-state index in [4.69, 9.17) is 19.9 Å². The molecular weight excluding hydrogens is 234 g/mol. The van der Waals surface area contributed by atoms with E-state index in [1.807, 2.05) is 19.1 Å². The van der Waals surface area contributed by atoms with Crippen molar-refractivity contribution in [3.63, 3.8) is 0 Å². The Hall–Kier alpha value is -1.75. The van der Waals surface area contributed by atoms with Crippen molar-refractivity contribution in [2.24, 2.45) is 5.73 Å². The summed E-state index contributed by atoms with van der Waals surface area (Å²) in [6.07, 6.45) is 0. The van der Waals surface area contributed by atoms with E-state index in [1.54, 1.807) is 19.1 Å². The van der Waals surface area contributed by atoms with Crippen molar-refractivity contribution < 1.29 is 19.0 Å². The number of rotatable bonds is 7. The van der Waals surface area contributed by atoms with Crippen molar-refractivity contribution in [3.8, 4) is 11.5 Å². The Labute approximate surface area is 107 Å². The van der Waals surface area contributed by atoms with Gasteiger partial charge >= 0.3 is 5.97 Å². The van der Waals surface area contributed by atoms with Gasteiger partial charge < -0.3 is 19.9 Å². The van der Waals surface area contributed by atoms with Gasteiger partial charge in [-0.15, -0.1) is 0 Å². The highest BCUT2D eigenvalue weighted by molar-refractivity contribution is 5.75. The fourth-order valence-electron chi connectivity index (χ4n) is 1.32. The van der Waals surface area contributed by atoms with Crippen LogP contribution in [-0.4, -0.2) is 31.8 Å². The molecule has 0 bridgehead atoms. The van der Waals surface area contributed by atoms with Crippen molar-refractivity contribution in [1.29, 1.82) is 0 Å². The van der Waals surface area contributed by atoms with Gasteiger partial charge in [0.1, 0.15) is 24.1 Å². The fourth-order valence-corrected chi connectivity index (χ4v) is 1.32. The maximum absolute atomic E-state index is 11.3. The molecule has 0 aromatic heterocycles. The van der Waals surface area contributed by atoms with Crippen LogP contribution in [0.2, 0.25) is 0 Å². The van der Waals surface area contributed by atoms with E-state index in [2.05, 4.69) is 0 Å². The minimum atomic E-state index is -0.777. The summed E-state index contributed by atoms with van der Waals surface area (Å²) < 4.78 is 15.5. The third-order valence-corrected chi connectivity index (χ3v) is 2.14. The zero-order valence-corrected chi connectivity index (χ0v) is 10.7. The van der Waals surface area contributed by atoms with Crippen LogP contribution in [0.3, 0.4) is 0 Å². The van der Waals surface area contributed by atoms with Gasteiger partial charge in [0.15, 0.2) is 0 Å². The van der Waals surface area contributed by atoms with Gasteiger partial charge in [-0.05, 0) is 26.0 Å². The Kier molecular flexibility index (Phi) is 6.00. The van der Waals surface area contributed by atoms with Crippen molar-refractivity contribution in [3.05, 3.63) is 24.3 Å². The standard InChI is InChI=1S/C13H19NO4/c1-3-16-10-6-5-7-11(8-10)18-9-12(14)13(15)17-4-2/h5-8,12H,3-4,9,14H2,1-2H3. The molecular formula is C13H19NO4. The van der Waals surface area contributed by atoms with Gasteiger partial charge in [0.2, 0.25) is 0 Å². The van der Waals surface area contributed by atoms with Gasteiger partial charge in [-0.2, -0.15) is 0 Å². The minimum absolute atomic E-state index is 0.0778. The second-order valence-corrected chi connectivity index (χ2v) is 3.58. The predicted octanol–water partition coefficient (Wildman–Crippen LogP) is 1.35. The average molecular weight is 253 g/mol. The third kappa shape index (κ3) is 4.63. The van der Waals surface area contributed by atoms with E-state index < -0.39 is 12.0 Å². The number of nitrogens with two attached hydrogens (primary N) is 1. The van der Waals surface area contributed by atoms with E-state index in [-0.39, 0.29) is 6.61 Å². The van der Waals surface area contributed by atoms with Crippen LogP contribution in [0.1, 0.15) is 13.8 Å². The first-order valence-electron chi connectivity index (χ1n) is 5.95. The van der Waals surface area contributed by atoms with Crippen molar-refractivity contribution in [2.45, 2.75) is 19.9 Å². The van der Waals surface area contributed by atoms with Gasteiger partial charge in [0.05, 0.1) is 13.2 Å². The molecule has 0 saturated carbocycles. The minimum Gasteiger partial charge on any atom is -0.494 e. The largest absolute Gasteiger partial charge is 0.494 e.